The van der Waals surface area contributed by atoms with Crippen molar-refractivity contribution in [2.45, 2.75) is 39.0 Å². The molecule has 1 aromatic heterocycles. The lowest BCUT2D eigenvalue weighted by Crippen LogP contribution is -2.23. The number of anilines is 1. The molecule has 0 bridgehead atoms. The highest BCUT2D eigenvalue weighted by Crippen LogP contribution is 2.17. The van der Waals surface area contributed by atoms with Crippen LogP contribution < -0.4 is 4.90 Å². The monoisotopic (exact) mass is 322 g/mol. The number of halogens is 1. The summed E-state index contributed by atoms with van der Waals surface area (Å²) in [5.74, 6) is 0.521. The van der Waals surface area contributed by atoms with Crippen LogP contribution in [-0.2, 0) is 12.3 Å². The summed E-state index contributed by atoms with van der Waals surface area (Å²) in [4.78, 5) is 6.94. The second-order valence-corrected chi connectivity index (χ2v) is 6.45. The van der Waals surface area contributed by atoms with Gasteiger partial charge in [-0.15, -0.1) is 22.9 Å². The highest BCUT2D eigenvalue weighted by atomic mass is 35.5. The van der Waals surface area contributed by atoms with E-state index in [2.05, 4.69) is 53.4 Å². The Labute approximate surface area is 136 Å². The van der Waals surface area contributed by atoms with Gasteiger partial charge in [-0.3, -0.25) is 0 Å². The summed E-state index contributed by atoms with van der Waals surface area (Å²) < 4.78 is 0. The van der Waals surface area contributed by atoms with Crippen LogP contribution in [0.4, 0.5) is 5.69 Å². The molecule has 0 unspecified atom stereocenters. The SMILES string of the molecule is CCN(CCCCc1nc(CCl)cs1)c1ccc(C)cc1. The second-order valence-electron chi connectivity index (χ2n) is 5.24. The van der Waals surface area contributed by atoms with E-state index in [0.29, 0.717) is 5.88 Å². The molecule has 0 aliphatic carbocycles. The van der Waals surface area contributed by atoms with Crippen molar-refractivity contribution in [3.8, 4) is 0 Å². The van der Waals surface area contributed by atoms with Gasteiger partial charge in [0.15, 0.2) is 0 Å². The summed E-state index contributed by atoms with van der Waals surface area (Å²) >= 11 is 7.51. The van der Waals surface area contributed by atoms with Crippen molar-refractivity contribution in [3.63, 3.8) is 0 Å². The molecule has 114 valence electrons. The van der Waals surface area contributed by atoms with E-state index >= 15 is 0 Å². The van der Waals surface area contributed by atoms with Crippen LogP contribution in [0.2, 0.25) is 0 Å². The molecule has 0 saturated carbocycles. The van der Waals surface area contributed by atoms with Gasteiger partial charge in [-0.05, 0) is 45.2 Å². The van der Waals surface area contributed by atoms with Gasteiger partial charge in [0.25, 0.3) is 0 Å². The maximum atomic E-state index is 5.78. The van der Waals surface area contributed by atoms with Crippen molar-refractivity contribution in [2.24, 2.45) is 0 Å². The minimum absolute atomic E-state index is 0.521. The molecule has 4 heteroatoms. The molecule has 0 N–H and O–H groups in total. The lowest BCUT2D eigenvalue weighted by Gasteiger charge is -2.23. The molecule has 1 aromatic carbocycles. The number of nitrogens with zero attached hydrogens (tertiary/aromatic N) is 2. The fraction of sp³-hybridized carbons (Fsp3) is 0.471. The first-order chi connectivity index (χ1) is 10.2. The summed E-state index contributed by atoms with van der Waals surface area (Å²) in [6, 6.07) is 8.79. The molecule has 0 fully saturated rings. The third-order valence-electron chi connectivity index (χ3n) is 3.59. The standard InChI is InChI=1S/C17H23ClN2S/c1-3-20(16-9-7-14(2)8-10-16)11-5-4-6-17-19-15(12-18)13-21-17/h7-10,13H,3-6,11-12H2,1-2H3. The van der Waals surface area contributed by atoms with Gasteiger partial charge in [-0.2, -0.15) is 0 Å². The quantitative estimate of drug-likeness (QED) is 0.500. The average molecular weight is 323 g/mol. The Morgan fingerprint density at radius 2 is 1.95 bits per heavy atom. The number of thiazole rings is 1. The number of hydrogen-bond acceptors (Lipinski definition) is 3. The molecule has 0 aliphatic heterocycles. The Kier molecular flexibility index (Phi) is 6.52. The number of aromatic nitrogens is 1. The van der Waals surface area contributed by atoms with E-state index in [-0.39, 0.29) is 0 Å². The number of unbranched alkanes of at least 4 members (excludes halogenated alkanes) is 1. The third-order valence-corrected chi connectivity index (χ3v) is 4.82. The zero-order valence-electron chi connectivity index (χ0n) is 12.8. The minimum atomic E-state index is 0.521. The predicted molar refractivity (Wildman–Crippen MR) is 93.7 cm³/mol. The van der Waals surface area contributed by atoms with Gasteiger partial charge >= 0.3 is 0 Å². The van der Waals surface area contributed by atoms with E-state index in [4.69, 9.17) is 11.6 Å². The van der Waals surface area contributed by atoms with Gasteiger partial charge in [0.1, 0.15) is 0 Å². The molecule has 1 heterocycles. The zero-order valence-corrected chi connectivity index (χ0v) is 14.4. The van der Waals surface area contributed by atoms with E-state index in [9.17, 15) is 0 Å². The van der Waals surface area contributed by atoms with E-state index in [0.717, 1.165) is 25.2 Å². The van der Waals surface area contributed by atoms with Crippen molar-refractivity contribution < 1.29 is 0 Å². The molecule has 0 spiro atoms. The normalized spacial score (nSPS) is 10.8. The number of benzene rings is 1. The summed E-state index contributed by atoms with van der Waals surface area (Å²) in [5, 5.41) is 3.27. The van der Waals surface area contributed by atoms with Gasteiger partial charge in [-0.1, -0.05) is 17.7 Å². The molecular formula is C17H23ClN2S. The fourth-order valence-corrected chi connectivity index (χ4v) is 3.40. The maximum absolute atomic E-state index is 5.78. The van der Waals surface area contributed by atoms with Crippen LogP contribution in [0, 0.1) is 6.92 Å². The fourth-order valence-electron chi connectivity index (χ4n) is 2.33. The van der Waals surface area contributed by atoms with Crippen molar-refractivity contribution in [1.29, 1.82) is 0 Å². The lowest BCUT2D eigenvalue weighted by atomic mass is 10.2. The Balaban J connectivity index is 1.77. The van der Waals surface area contributed by atoms with Crippen LogP contribution in [0.5, 0.6) is 0 Å². The molecule has 0 radical (unpaired) electrons. The smallest absolute Gasteiger partial charge is 0.0928 e. The van der Waals surface area contributed by atoms with Crippen LogP contribution in [0.15, 0.2) is 29.6 Å². The zero-order chi connectivity index (χ0) is 15.1. The van der Waals surface area contributed by atoms with Crippen molar-refractivity contribution in [2.75, 3.05) is 18.0 Å². The van der Waals surface area contributed by atoms with Crippen LogP contribution in [-0.4, -0.2) is 18.1 Å². The first-order valence-corrected chi connectivity index (χ1v) is 8.95. The molecule has 2 aromatic rings. The number of alkyl halides is 1. The van der Waals surface area contributed by atoms with Gasteiger partial charge in [0, 0.05) is 24.2 Å². The molecule has 2 nitrogen and oxygen atoms in total. The summed E-state index contributed by atoms with van der Waals surface area (Å²) in [6.07, 6.45) is 3.43. The minimum Gasteiger partial charge on any atom is -0.372 e. The molecule has 21 heavy (non-hydrogen) atoms. The summed E-state index contributed by atoms with van der Waals surface area (Å²) in [7, 11) is 0. The average Bonchev–Trinajstić information content (AvgIpc) is 2.97. The van der Waals surface area contributed by atoms with Crippen LogP contribution in [0.25, 0.3) is 0 Å². The Morgan fingerprint density at radius 1 is 1.19 bits per heavy atom. The van der Waals surface area contributed by atoms with E-state index < -0.39 is 0 Å². The number of aryl methyl sites for hydroxylation is 2. The van der Waals surface area contributed by atoms with Crippen molar-refractivity contribution in [1.82, 2.24) is 4.98 Å². The highest BCUT2D eigenvalue weighted by molar-refractivity contribution is 7.09. The molecule has 2 rings (SSSR count). The molecule has 0 saturated heterocycles. The largest absolute Gasteiger partial charge is 0.372 e. The highest BCUT2D eigenvalue weighted by Gasteiger charge is 2.05. The number of hydrogen-bond donors (Lipinski definition) is 0. The van der Waals surface area contributed by atoms with Crippen LogP contribution in [0.3, 0.4) is 0 Å². The Morgan fingerprint density at radius 3 is 2.57 bits per heavy atom. The first kappa shape index (κ1) is 16.3. The van der Waals surface area contributed by atoms with Gasteiger partial charge in [-0.25, -0.2) is 4.98 Å². The summed E-state index contributed by atoms with van der Waals surface area (Å²) in [5.41, 5.74) is 3.64. The topological polar surface area (TPSA) is 16.1 Å². The third kappa shape index (κ3) is 5.01. The van der Waals surface area contributed by atoms with Crippen molar-refractivity contribution in [3.05, 3.63) is 45.9 Å². The number of rotatable bonds is 8. The second kappa shape index (κ2) is 8.40. The first-order valence-electron chi connectivity index (χ1n) is 7.53. The molecule has 0 amide bonds. The van der Waals surface area contributed by atoms with E-state index in [1.807, 2.05) is 0 Å². The van der Waals surface area contributed by atoms with Gasteiger partial charge in [0.2, 0.25) is 0 Å². The summed E-state index contributed by atoms with van der Waals surface area (Å²) in [6.45, 7) is 6.50. The van der Waals surface area contributed by atoms with Crippen LogP contribution >= 0.6 is 22.9 Å². The Bertz CT molecular complexity index is 536. The molecule has 0 aliphatic rings. The maximum Gasteiger partial charge on any atom is 0.0928 e. The van der Waals surface area contributed by atoms with E-state index in [1.165, 1.54) is 29.1 Å². The predicted octanol–water partition coefficient (Wildman–Crippen LogP) is 5.04. The Hall–Kier alpha value is -1.06. The van der Waals surface area contributed by atoms with Crippen molar-refractivity contribution >= 4 is 28.6 Å². The molecular weight excluding hydrogens is 300 g/mol. The van der Waals surface area contributed by atoms with E-state index in [1.54, 1.807) is 11.3 Å². The van der Waals surface area contributed by atoms with Gasteiger partial charge in [0.05, 0.1) is 16.6 Å². The van der Waals surface area contributed by atoms with Gasteiger partial charge < -0.3 is 4.90 Å². The van der Waals surface area contributed by atoms with Crippen LogP contribution in [0.1, 0.15) is 36.0 Å². The molecule has 0 atom stereocenters. The lowest BCUT2D eigenvalue weighted by molar-refractivity contribution is 0.694.